The van der Waals surface area contributed by atoms with Gasteiger partial charge >= 0.3 is 0 Å². The maximum atomic E-state index is 13.8. The molecule has 0 aliphatic carbocycles. The van der Waals surface area contributed by atoms with Crippen molar-refractivity contribution in [2.24, 2.45) is 0 Å². The summed E-state index contributed by atoms with van der Waals surface area (Å²) in [4.78, 5) is 0. The van der Waals surface area contributed by atoms with Crippen molar-refractivity contribution in [1.82, 2.24) is 5.32 Å². The van der Waals surface area contributed by atoms with Crippen molar-refractivity contribution < 1.29 is 8.81 Å². The molecule has 0 unspecified atom stereocenters. The molecule has 0 bridgehead atoms. The minimum Gasteiger partial charge on any atom is -0.464 e. The lowest BCUT2D eigenvalue weighted by Gasteiger charge is -2.02. The summed E-state index contributed by atoms with van der Waals surface area (Å²) in [5, 5.41) is 3.95. The zero-order chi connectivity index (χ0) is 12.3. The van der Waals surface area contributed by atoms with Crippen LogP contribution >= 0.6 is 0 Å². The summed E-state index contributed by atoms with van der Waals surface area (Å²) in [6.45, 7) is 5.92. The summed E-state index contributed by atoms with van der Waals surface area (Å²) in [7, 11) is 0. The van der Waals surface area contributed by atoms with Gasteiger partial charge in [0.05, 0.1) is 11.6 Å². The quantitative estimate of drug-likeness (QED) is 0.803. The van der Waals surface area contributed by atoms with E-state index < -0.39 is 0 Å². The lowest BCUT2D eigenvalue weighted by molar-refractivity contribution is 0.601. The summed E-state index contributed by atoms with van der Waals surface area (Å²) in [6.07, 6.45) is 3.58. The molecule has 0 saturated heterocycles. The highest BCUT2D eigenvalue weighted by molar-refractivity contribution is 5.84. The summed E-state index contributed by atoms with van der Waals surface area (Å²) in [6, 6.07) is 3.26. The minimum atomic E-state index is -0.190. The molecule has 92 valence electrons. The van der Waals surface area contributed by atoms with Crippen molar-refractivity contribution in [1.29, 1.82) is 0 Å². The molecule has 1 heterocycles. The Hall–Kier alpha value is -1.35. The van der Waals surface area contributed by atoms with Crippen LogP contribution in [0.3, 0.4) is 0 Å². The van der Waals surface area contributed by atoms with Gasteiger partial charge in [0.15, 0.2) is 0 Å². The van der Waals surface area contributed by atoms with Crippen molar-refractivity contribution in [3.05, 3.63) is 35.3 Å². The summed E-state index contributed by atoms with van der Waals surface area (Å²) in [5.74, 6) is -0.190. The van der Waals surface area contributed by atoms with E-state index in [0.29, 0.717) is 11.0 Å². The molecule has 0 aliphatic heterocycles. The van der Waals surface area contributed by atoms with E-state index in [-0.39, 0.29) is 5.82 Å². The predicted octanol–water partition coefficient (Wildman–Crippen LogP) is 3.42. The molecule has 0 saturated carbocycles. The van der Waals surface area contributed by atoms with Crippen LogP contribution in [0.5, 0.6) is 0 Å². The van der Waals surface area contributed by atoms with E-state index in [2.05, 4.69) is 12.2 Å². The Morgan fingerprint density at radius 3 is 2.88 bits per heavy atom. The lowest BCUT2D eigenvalue weighted by atomic mass is 10.1. The van der Waals surface area contributed by atoms with Crippen LogP contribution in [0.2, 0.25) is 0 Å². The van der Waals surface area contributed by atoms with Crippen LogP contribution in [0.15, 0.2) is 22.8 Å². The van der Waals surface area contributed by atoms with E-state index in [1.807, 2.05) is 6.92 Å². The molecule has 2 nitrogen and oxygen atoms in total. The third kappa shape index (κ3) is 2.50. The summed E-state index contributed by atoms with van der Waals surface area (Å²) >= 11 is 0. The number of hydrogen-bond donors (Lipinski definition) is 1. The SMILES string of the molecule is CCCNCCc1coc2c(C)ccc(F)c12. The Morgan fingerprint density at radius 1 is 1.29 bits per heavy atom. The van der Waals surface area contributed by atoms with Gasteiger partial charge in [-0.2, -0.15) is 0 Å². The molecule has 0 atom stereocenters. The molecular weight excluding hydrogens is 217 g/mol. The van der Waals surface area contributed by atoms with Crippen molar-refractivity contribution >= 4 is 11.0 Å². The van der Waals surface area contributed by atoms with Gasteiger partial charge in [-0.25, -0.2) is 4.39 Å². The Bertz CT molecular complexity index is 504. The Labute approximate surface area is 101 Å². The maximum absolute atomic E-state index is 13.8. The highest BCUT2D eigenvalue weighted by Crippen LogP contribution is 2.27. The number of furan rings is 1. The van der Waals surface area contributed by atoms with Gasteiger partial charge in [-0.1, -0.05) is 13.0 Å². The zero-order valence-electron chi connectivity index (χ0n) is 10.3. The molecule has 1 aromatic carbocycles. The van der Waals surface area contributed by atoms with Crippen LogP contribution in [-0.2, 0) is 6.42 Å². The normalized spacial score (nSPS) is 11.2. The van der Waals surface area contributed by atoms with Gasteiger partial charge in [-0.15, -0.1) is 0 Å². The third-order valence-corrected chi connectivity index (χ3v) is 2.94. The minimum absolute atomic E-state index is 0.190. The van der Waals surface area contributed by atoms with Gasteiger partial charge in [0.2, 0.25) is 0 Å². The maximum Gasteiger partial charge on any atom is 0.139 e. The molecular formula is C14H18FNO. The first kappa shape index (κ1) is 12.1. The number of aryl methyl sites for hydroxylation is 1. The van der Waals surface area contributed by atoms with Gasteiger partial charge in [-0.3, -0.25) is 0 Å². The van der Waals surface area contributed by atoms with Crippen molar-refractivity contribution in [3.8, 4) is 0 Å². The van der Waals surface area contributed by atoms with E-state index in [4.69, 9.17) is 4.42 Å². The Morgan fingerprint density at radius 2 is 2.12 bits per heavy atom. The molecule has 17 heavy (non-hydrogen) atoms. The predicted molar refractivity (Wildman–Crippen MR) is 67.8 cm³/mol. The van der Waals surface area contributed by atoms with E-state index in [9.17, 15) is 4.39 Å². The fourth-order valence-electron chi connectivity index (χ4n) is 2.01. The molecule has 2 rings (SSSR count). The average molecular weight is 235 g/mol. The molecule has 0 fully saturated rings. The monoisotopic (exact) mass is 235 g/mol. The number of rotatable bonds is 5. The van der Waals surface area contributed by atoms with Crippen LogP contribution in [0.1, 0.15) is 24.5 Å². The lowest BCUT2D eigenvalue weighted by Crippen LogP contribution is -2.17. The van der Waals surface area contributed by atoms with E-state index in [1.54, 1.807) is 12.3 Å². The molecule has 0 aliphatic rings. The van der Waals surface area contributed by atoms with Crippen LogP contribution in [-0.4, -0.2) is 13.1 Å². The van der Waals surface area contributed by atoms with Gasteiger partial charge in [0.25, 0.3) is 0 Å². The summed E-state index contributed by atoms with van der Waals surface area (Å²) < 4.78 is 19.2. The number of hydrogen-bond acceptors (Lipinski definition) is 2. The molecule has 3 heteroatoms. The van der Waals surface area contributed by atoms with E-state index in [1.165, 1.54) is 6.07 Å². The van der Waals surface area contributed by atoms with Gasteiger partial charge < -0.3 is 9.73 Å². The van der Waals surface area contributed by atoms with Crippen molar-refractivity contribution in [2.75, 3.05) is 13.1 Å². The second-order valence-electron chi connectivity index (χ2n) is 4.33. The molecule has 0 radical (unpaired) electrons. The first-order valence-electron chi connectivity index (χ1n) is 6.10. The number of fused-ring (bicyclic) bond motifs is 1. The summed E-state index contributed by atoms with van der Waals surface area (Å²) in [5.41, 5.74) is 2.61. The number of halogens is 1. The standard InChI is InChI=1S/C14H18FNO/c1-3-7-16-8-6-11-9-17-14-10(2)4-5-12(15)13(11)14/h4-5,9,16H,3,6-8H2,1-2H3. The fraction of sp³-hybridized carbons (Fsp3) is 0.429. The molecule has 1 N–H and O–H groups in total. The Kier molecular flexibility index (Phi) is 3.79. The first-order valence-corrected chi connectivity index (χ1v) is 6.10. The van der Waals surface area contributed by atoms with Gasteiger partial charge in [-0.05, 0) is 44.5 Å². The van der Waals surface area contributed by atoms with Crippen molar-refractivity contribution in [2.45, 2.75) is 26.7 Å². The molecule has 2 aromatic rings. The average Bonchev–Trinajstić information content (AvgIpc) is 2.75. The second kappa shape index (κ2) is 5.32. The first-order chi connectivity index (χ1) is 8.24. The van der Waals surface area contributed by atoms with Crippen LogP contribution in [0, 0.1) is 12.7 Å². The van der Waals surface area contributed by atoms with E-state index >= 15 is 0 Å². The molecule has 0 amide bonds. The second-order valence-corrected chi connectivity index (χ2v) is 4.33. The largest absolute Gasteiger partial charge is 0.464 e. The van der Waals surface area contributed by atoms with Crippen LogP contribution in [0.25, 0.3) is 11.0 Å². The molecule has 0 spiro atoms. The smallest absolute Gasteiger partial charge is 0.139 e. The van der Waals surface area contributed by atoms with Crippen LogP contribution < -0.4 is 5.32 Å². The zero-order valence-corrected chi connectivity index (χ0v) is 10.3. The number of benzene rings is 1. The van der Waals surface area contributed by atoms with Gasteiger partial charge in [0, 0.05) is 5.56 Å². The third-order valence-electron chi connectivity index (χ3n) is 2.94. The highest BCUT2D eigenvalue weighted by Gasteiger charge is 2.12. The topological polar surface area (TPSA) is 25.2 Å². The van der Waals surface area contributed by atoms with Gasteiger partial charge in [0.1, 0.15) is 11.4 Å². The van der Waals surface area contributed by atoms with E-state index in [0.717, 1.165) is 37.1 Å². The van der Waals surface area contributed by atoms with Crippen molar-refractivity contribution in [3.63, 3.8) is 0 Å². The molecule has 1 aromatic heterocycles. The highest BCUT2D eigenvalue weighted by atomic mass is 19.1. The number of nitrogens with one attached hydrogen (secondary N) is 1. The Balaban J connectivity index is 2.20. The van der Waals surface area contributed by atoms with Crippen LogP contribution in [0.4, 0.5) is 4.39 Å². The fourth-order valence-corrected chi connectivity index (χ4v) is 2.01.